The predicted octanol–water partition coefficient (Wildman–Crippen LogP) is 1.80. The highest BCUT2D eigenvalue weighted by Crippen LogP contribution is 2.25. The Labute approximate surface area is 115 Å². The van der Waals surface area contributed by atoms with Gasteiger partial charge in [-0.05, 0) is 19.9 Å². The van der Waals surface area contributed by atoms with Gasteiger partial charge in [-0.15, -0.1) is 0 Å². The van der Waals surface area contributed by atoms with Gasteiger partial charge in [-0.2, -0.15) is 0 Å². The summed E-state index contributed by atoms with van der Waals surface area (Å²) >= 11 is 5.62. The lowest BCUT2D eigenvalue weighted by atomic mass is 10.2. The molecule has 1 N–H and O–H groups in total. The molecule has 0 bridgehead atoms. The van der Waals surface area contributed by atoms with E-state index in [1.165, 1.54) is 12.3 Å². The van der Waals surface area contributed by atoms with Crippen molar-refractivity contribution in [2.24, 2.45) is 0 Å². The zero-order valence-corrected chi connectivity index (χ0v) is 11.3. The highest BCUT2D eigenvalue weighted by molar-refractivity contribution is 6.32. The van der Waals surface area contributed by atoms with E-state index < -0.39 is 16.5 Å². The molecule has 0 saturated carbocycles. The first-order valence-electron chi connectivity index (χ1n) is 5.66. The van der Waals surface area contributed by atoms with E-state index in [4.69, 9.17) is 16.3 Å². The van der Waals surface area contributed by atoms with Gasteiger partial charge in [0.2, 0.25) is 5.15 Å². The molecule has 0 fully saturated rings. The highest BCUT2D eigenvalue weighted by Gasteiger charge is 2.24. The van der Waals surface area contributed by atoms with Crippen LogP contribution < -0.4 is 5.32 Å². The summed E-state index contributed by atoms with van der Waals surface area (Å²) in [6.45, 7) is 4.41. The van der Waals surface area contributed by atoms with Crippen molar-refractivity contribution in [1.82, 2.24) is 10.3 Å². The van der Waals surface area contributed by atoms with Gasteiger partial charge in [0.15, 0.2) is 0 Å². The van der Waals surface area contributed by atoms with Gasteiger partial charge in [0.1, 0.15) is 5.56 Å². The second-order valence-electron chi connectivity index (χ2n) is 3.73. The van der Waals surface area contributed by atoms with Crippen LogP contribution in [0.25, 0.3) is 0 Å². The number of pyridine rings is 1. The molecule has 0 aliphatic heterocycles. The highest BCUT2D eigenvalue weighted by atomic mass is 35.5. The number of ether oxygens (including phenoxy) is 1. The fourth-order valence-corrected chi connectivity index (χ4v) is 1.69. The summed E-state index contributed by atoms with van der Waals surface area (Å²) in [5, 5.41) is 13.1. The molecule has 0 aromatic carbocycles. The number of hydrogen-bond donors (Lipinski definition) is 1. The Morgan fingerprint density at radius 1 is 1.68 bits per heavy atom. The molecule has 0 aliphatic carbocycles. The first-order chi connectivity index (χ1) is 8.97. The number of aromatic nitrogens is 1. The topological polar surface area (TPSA) is 94.4 Å². The van der Waals surface area contributed by atoms with E-state index in [0.29, 0.717) is 6.61 Å². The number of nitro groups is 1. The van der Waals surface area contributed by atoms with Crippen molar-refractivity contribution in [2.45, 2.75) is 20.0 Å². The maximum absolute atomic E-state index is 11.9. The number of nitrogens with zero attached hydrogens (tertiary/aromatic N) is 2. The molecule has 1 amide bonds. The van der Waals surface area contributed by atoms with Crippen LogP contribution in [0, 0.1) is 10.1 Å². The van der Waals surface area contributed by atoms with Gasteiger partial charge in [0, 0.05) is 19.3 Å². The van der Waals surface area contributed by atoms with E-state index in [9.17, 15) is 14.9 Å². The average molecular weight is 288 g/mol. The third-order valence-corrected chi connectivity index (χ3v) is 2.58. The number of hydrogen-bond acceptors (Lipinski definition) is 5. The lowest BCUT2D eigenvalue weighted by molar-refractivity contribution is -0.385. The molecule has 1 rings (SSSR count). The van der Waals surface area contributed by atoms with E-state index in [2.05, 4.69) is 10.3 Å². The van der Waals surface area contributed by atoms with Gasteiger partial charge in [-0.25, -0.2) is 4.98 Å². The summed E-state index contributed by atoms with van der Waals surface area (Å²) in [6.07, 6.45) is 1.07. The van der Waals surface area contributed by atoms with Crippen LogP contribution in [0.1, 0.15) is 24.2 Å². The van der Waals surface area contributed by atoms with Crippen LogP contribution in [0.4, 0.5) is 5.69 Å². The second kappa shape index (κ2) is 7.01. The molecule has 1 aromatic heterocycles. The summed E-state index contributed by atoms with van der Waals surface area (Å²) in [5.74, 6) is -0.581. The van der Waals surface area contributed by atoms with E-state index in [0.717, 1.165) is 0 Å². The molecule has 104 valence electrons. The fourth-order valence-electron chi connectivity index (χ4n) is 1.46. The van der Waals surface area contributed by atoms with Crippen molar-refractivity contribution in [2.75, 3.05) is 13.2 Å². The smallest absolute Gasteiger partial charge is 0.319 e. The van der Waals surface area contributed by atoms with E-state index in [1.54, 1.807) is 6.92 Å². The standard InChI is InChI=1S/C11H14ClN3O4/c1-3-19-7(2)6-14-11(16)8-4-5-13-10(12)9(8)15(17)18/h4-5,7H,3,6H2,1-2H3,(H,14,16). The lowest BCUT2D eigenvalue weighted by Crippen LogP contribution is -2.32. The maximum atomic E-state index is 11.9. The van der Waals surface area contributed by atoms with Crippen molar-refractivity contribution in [3.63, 3.8) is 0 Å². The van der Waals surface area contributed by atoms with Crippen LogP contribution in [0.5, 0.6) is 0 Å². The summed E-state index contributed by atoms with van der Waals surface area (Å²) < 4.78 is 5.24. The average Bonchev–Trinajstić information content (AvgIpc) is 2.35. The van der Waals surface area contributed by atoms with Crippen molar-refractivity contribution in [1.29, 1.82) is 0 Å². The Kier molecular flexibility index (Phi) is 5.65. The molecule has 0 saturated heterocycles. The molecule has 0 spiro atoms. The number of carbonyl (C=O) groups excluding carboxylic acids is 1. The predicted molar refractivity (Wildman–Crippen MR) is 69.3 cm³/mol. The molecular formula is C11H14ClN3O4. The van der Waals surface area contributed by atoms with Gasteiger partial charge in [-0.1, -0.05) is 11.6 Å². The minimum Gasteiger partial charge on any atom is -0.377 e. The van der Waals surface area contributed by atoms with Gasteiger partial charge in [0.05, 0.1) is 11.0 Å². The van der Waals surface area contributed by atoms with Crippen LogP contribution in [-0.2, 0) is 4.74 Å². The van der Waals surface area contributed by atoms with Gasteiger partial charge in [-0.3, -0.25) is 14.9 Å². The minimum absolute atomic E-state index is 0.117. The van der Waals surface area contributed by atoms with Crippen LogP contribution in [0.3, 0.4) is 0 Å². The Balaban J connectivity index is 2.83. The Morgan fingerprint density at radius 2 is 2.37 bits per heavy atom. The molecule has 1 atom stereocenters. The Hall–Kier alpha value is -1.73. The quantitative estimate of drug-likeness (QED) is 0.489. The van der Waals surface area contributed by atoms with Crippen LogP contribution in [-0.4, -0.2) is 35.1 Å². The van der Waals surface area contributed by atoms with Crippen molar-refractivity contribution in [3.8, 4) is 0 Å². The summed E-state index contributed by atoms with van der Waals surface area (Å²) in [5.41, 5.74) is -0.612. The third-order valence-electron chi connectivity index (χ3n) is 2.31. The largest absolute Gasteiger partial charge is 0.377 e. The van der Waals surface area contributed by atoms with E-state index >= 15 is 0 Å². The van der Waals surface area contributed by atoms with E-state index in [-0.39, 0.29) is 23.4 Å². The zero-order chi connectivity index (χ0) is 14.4. The van der Waals surface area contributed by atoms with Crippen LogP contribution in [0.15, 0.2) is 12.3 Å². The van der Waals surface area contributed by atoms with Gasteiger partial charge in [0.25, 0.3) is 5.91 Å². The number of nitrogens with one attached hydrogen (secondary N) is 1. The van der Waals surface area contributed by atoms with Crippen molar-refractivity contribution < 1.29 is 14.5 Å². The molecule has 8 heteroatoms. The number of amides is 1. The number of rotatable bonds is 6. The number of carbonyl (C=O) groups is 1. The van der Waals surface area contributed by atoms with Crippen molar-refractivity contribution >= 4 is 23.2 Å². The summed E-state index contributed by atoms with van der Waals surface area (Å²) in [4.78, 5) is 25.6. The normalized spacial score (nSPS) is 11.9. The maximum Gasteiger partial charge on any atom is 0.319 e. The van der Waals surface area contributed by atoms with Crippen molar-refractivity contribution in [3.05, 3.63) is 33.1 Å². The van der Waals surface area contributed by atoms with E-state index in [1.807, 2.05) is 6.92 Å². The minimum atomic E-state index is -0.726. The molecule has 0 aliphatic rings. The second-order valence-corrected chi connectivity index (χ2v) is 4.09. The molecule has 0 radical (unpaired) electrons. The molecule has 1 heterocycles. The lowest BCUT2D eigenvalue weighted by Gasteiger charge is -2.12. The molecular weight excluding hydrogens is 274 g/mol. The van der Waals surface area contributed by atoms with Crippen LogP contribution >= 0.6 is 11.6 Å². The first kappa shape index (κ1) is 15.3. The van der Waals surface area contributed by atoms with Gasteiger partial charge < -0.3 is 10.1 Å². The SMILES string of the molecule is CCOC(C)CNC(=O)c1ccnc(Cl)c1[N+](=O)[O-]. The molecule has 1 unspecified atom stereocenters. The molecule has 7 nitrogen and oxygen atoms in total. The van der Waals surface area contributed by atoms with Crippen LogP contribution in [0.2, 0.25) is 5.15 Å². The Morgan fingerprint density at radius 3 is 2.95 bits per heavy atom. The number of halogens is 1. The summed E-state index contributed by atoms with van der Waals surface area (Å²) in [6, 6.07) is 1.25. The monoisotopic (exact) mass is 287 g/mol. The zero-order valence-electron chi connectivity index (χ0n) is 10.6. The Bertz CT molecular complexity index is 481. The summed E-state index contributed by atoms with van der Waals surface area (Å²) in [7, 11) is 0. The third kappa shape index (κ3) is 4.15. The fraction of sp³-hybridized carbons (Fsp3) is 0.455. The van der Waals surface area contributed by atoms with Gasteiger partial charge >= 0.3 is 5.69 Å². The molecule has 1 aromatic rings. The molecule has 19 heavy (non-hydrogen) atoms. The first-order valence-corrected chi connectivity index (χ1v) is 6.03.